The van der Waals surface area contributed by atoms with E-state index in [4.69, 9.17) is 18.1 Å². The van der Waals surface area contributed by atoms with Crippen LogP contribution in [-0.2, 0) is 38.9 Å². The summed E-state index contributed by atoms with van der Waals surface area (Å²) < 4.78 is 88.7. The Balaban J connectivity index is 2.60. The van der Waals surface area contributed by atoms with E-state index in [0.29, 0.717) is 0 Å². The molecule has 0 unspecified atom stereocenters. The number of hydrogen-bond acceptors (Lipinski definition) is 7. The molecule has 1 aromatic carbocycles. The Kier molecular flexibility index (Phi) is 10.2. The minimum atomic E-state index is -4.64. The molecule has 1 aliphatic rings. The van der Waals surface area contributed by atoms with Crippen molar-refractivity contribution in [3.8, 4) is 0 Å². The maximum absolute atomic E-state index is 13.6. The van der Waals surface area contributed by atoms with Crippen molar-refractivity contribution in [3.05, 3.63) is 34.9 Å². The summed E-state index contributed by atoms with van der Waals surface area (Å²) in [4.78, 5) is 14.4. The molecule has 0 aliphatic carbocycles. The van der Waals surface area contributed by atoms with Crippen molar-refractivity contribution >= 4 is 21.1 Å². The lowest BCUT2D eigenvalue weighted by Crippen LogP contribution is -2.42. The van der Waals surface area contributed by atoms with Gasteiger partial charge in [0.05, 0.1) is 49.9 Å². The summed E-state index contributed by atoms with van der Waals surface area (Å²) in [6.45, 7) is 7.04. The van der Waals surface area contributed by atoms with E-state index in [9.17, 15) is 27.1 Å². The fourth-order valence-electron chi connectivity index (χ4n) is 4.34. The van der Waals surface area contributed by atoms with Gasteiger partial charge in [0.15, 0.2) is 0 Å². The van der Waals surface area contributed by atoms with Crippen molar-refractivity contribution in [2.24, 2.45) is 0 Å². The minimum absolute atomic E-state index is 0.0426. The molecule has 1 amide bonds. The van der Waals surface area contributed by atoms with Crippen LogP contribution >= 0.6 is 15.2 Å². The van der Waals surface area contributed by atoms with Crippen molar-refractivity contribution < 1.29 is 45.2 Å². The fraction of sp³-hybridized carbons (Fsp3) is 0.682. The average Bonchev–Trinajstić information content (AvgIpc) is 2.98. The Morgan fingerprint density at radius 1 is 0.857 bits per heavy atom. The van der Waals surface area contributed by atoms with Crippen molar-refractivity contribution in [2.75, 3.05) is 45.8 Å². The summed E-state index contributed by atoms with van der Waals surface area (Å²) in [5, 5.41) is 0. The van der Waals surface area contributed by atoms with Gasteiger partial charge >= 0.3 is 21.4 Å². The third kappa shape index (κ3) is 6.76. The van der Waals surface area contributed by atoms with Crippen molar-refractivity contribution in [1.29, 1.82) is 0 Å². The number of rotatable bonds is 14. The molecule has 0 fully saturated rings. The van der Waals surface area contributed by atoms with Gasteiger partial charge in [-0.25, -0.2) is 0 Å². The van der Waals surface area contributed by atoms with E-state index < -0.39 is 38.4 Å². The summed E-state index contributed by atoms with van der Waals surface area (Å²) in [7, 11) is -5.73. The predicted molar refractivity (Wildman–Crippen MR) is 126 cm³/mol. The first-order valence-corrected chi connectivity index (χ1v) is 15.0. The van der Waals surface area contributed by atoms with Gasteiger partial charge in [0, 0.05) is 12.6 Å². The molecule has 1 heterocycles. The van der Waals surface area contributed by atoms with Crippen LogP contribution in [0.3, 0.4) is 0 Å². The number of halogens is 3. The minimum Gasteiger partial charge on any atom is -0.332 e. The van der Waals surface area contributed by atoms with Crippen LogP contribution < -0.4 is 0 Å². The molecule has 0 saturated carbocycles. The van der Waals surface area contributed by atoms with Gasteiger partial charge in [0.25, 0.3) is 5.91 Å². The summed E-state index contributed by atoms with van der Waals surface area (Å²) in [6.07, 6.45) is -5.04. The zero-order chi connectivity index (χ0) is 26.5. The lowest BCUT2D eigenvalue weighted by Gasteiger charge is -2.39. The fourth-order valence-corrected chi connectivity index (χ4v) is 7.87. The highest BCUT2D eigenvalue weighted by Gasteiger charge is 2.50. The number of benzene rings is 1. The molecule has 0 aromatic heterocycles. The summed E-state index contributed by atoms with van der Waals surface area (Å²) >= 11 is 0. The zero-order valence-electron chi connectivity index (χ0n) is 20.7. The Labute approximate surface area is 204 Å². The molecule has 13 heteroatoms. The lowest BCUT2D eigenvalue weighted by atomic mass is 9.83. The quantitative estimate of drug-likeness (QED) is 0.255. The molecule has 2 rings (SSSR count). The molecule has 1 aliphatic heterocycles. The maximum Gasteiger partial charge on any atom is 0.416 e. The maximum atomic E-state index is 13.6. The van der Waals surface area contributed by atoms with E-state index in [1.165, 1.54) is 11.9 Å². The highest BCUT2D eigenvalue weighted by molar-refractivity contribution is 7.54. The average molecular weight is 543 g/mol. The molecular weight excluding hydrogens is 509 g/mol. The van der Waals surface area contributed by atoms with Crippen molar-refractivity contribution in [3.63, 3.8) is 0 Å². The van der Waals surface area contributed by atoms with E-state index in [1.54, 1.807) is 27.7 Å². The van der Waals surface area contributed by atoms with E-state index in [-0.39, 0.29) is 62.7 Å². The van der Waals surface area contributed by atoms with Crippen LogP contribution in [0.15, 0.2) is 18.2 Å². The number of nitrogens with zero attached hydrogens (tertiary/aromatic N) is 1. The highest BCUT2D eigenvalue weighted by Crippen LogP contribution is 2.56. The van der Waals surface area contributed by atoms with Crippen LogP contribution in [0.5, 0.6) is 0 Å². The smallest absolute Gasteiger partial charge is 0.332 e. The zero-order valence-corrected chi connectivity index (χ0v) is 22.5. The van der Waals surface area contributed by atoms with Gasteiger partial charge in [-0.2, -0.15) is 13.2 Å². The molecule has 35 heavy (non-hydrogen) atoms. The first kappa shape index (κ1) is 30.0. The highest BCUT2D eigenvalue weighted by atomic mass is 31.2. The number of amides is 1. The topological polar surface area (TPSA) is 91.4 Å². The number of fused-ring (bicyclic) bond motifs is 1. The predicted octanol–water partition coefficient (Wildman–Crippen LogP) is 6.30. The standard InChI is InChI=1S/C22H34F3NO7P2/c1-6-30-34(28,31-7-2)14-12-21(13-15-35(29,32-8-3)33-9-4)19-16-17(22(23,24)25)10-11-18(19)20(27)26(21)5/h10-11,16H,6-9,12-15H2,1-5H3. The van der Waals surface area contributed by atoms with Crippen molar-refractivity contribution in [1.82, 2.24) is 4.90 Å². The molecule has 1 aromatic rings. The van der Waals surface area contributed by atoms with Gasteiger partial charge in [0.2, 0.25) is 0 Å². The van der Waals surface area contributed by atoms with Crippen LogP contribution in [0.4, 0.5) is 13.2 Å². The van der Waals surface area contributed by atoms with Gasteiger partial charge in [-0.05, 0) is 64.3 Å². The molecular formula is C22H34F3NO7P2. The molecule has 0 N–H and O–H groups in total. The number of carbonyl (C=O) groups is 1. The second kappa shape index (κ2) is 11.9. The van der Waals surface area contributed by atoms with Gasteiger partial charge < -0.3 is 23.0 Å². The van der Waals surface area contributed by atoms with Gasteiger partial charge in [-0.1, -0.05) is 0 Å². The third-order valence-corrected chi connectivity index (χ3v) is 10.1. The Bertz CT molecular complexity index is 932. The molecule has 0 saturated heterocycles. The van der Waals surface area contributed by atoms with E-state index in [1.807, 2.05) is 0 Å². The Hall–Kier alpha value is -1.22. The molecule has 0 atom stereocenters. The number of alkyl halides is 3. The molecule has 0 bridgehead atoms. The van der Waals surface area contributed by atoms with E-state index in [0.717, 1.165) is 18.2 Å². The first-order chi connectivity index (χ1) is 16.3. The molecule has 0 radical (unpaired) electrons. The van der Waals surface area contributed by atoms with E-state index >= 15 is 0 Å². The number of hydrogen-bond donors (Lipinski definition) is 0. The van der Waals surface area contributed by atoms with Gasteiger partial charge in [-0.3, -0.25) is 13.9 Å². The SMILES string of the molecule is CCOP(=O)(CCC1(CCP(=O)(OCC)OCC)c2cc(C(F)(F)F)ccc2C(=O)N1C)OCC. The van der Waals surface area contributed by atoms with Crippen LogP contribution in [0, 0.1) is 0 Å². The van der Waals surface area contributed by atoms with Gasteiger partial charge in [0.1, 0.15) is 0 Å². The first-order valence-electron chi connectivity index (χ1n) is 11.6. The Morgan fingerprint density at radius 2 is 1.29 bits per heavy atom. The van der Waals surface area contributed by atoms with E-state index in [2.05, 4.69) is 0 Å². The second-order valence-corrected chi connectivity index (χ2v) is 12.4. The molecule has 8 nitrogen and oxygen atoms in total. The monoisotopic (exact) mass is 543 g/mol. The second-order valence-electron chi connectivity index (χ2n) is 7.99. The summed E-state index contributed by atoms with van der Waals surface area (Å²) in [5.74, 6) is -0.487. The third-order valence-electron chi connectivity index (χ3n) is 5.93. The normalized spacial score (nSPS) is 16.1. The number of carbonyl (C=O) groups excluding carboxylic acids is 1. The van der Waals surface area contributed by atoms with Crippen LogP contribution in [-0.4, -0.2) is 56.6 Å². The lowest BCUT2D eigenvalue weighted by molar-refractivity contribution is -0.137. The largest absolute Gasteiger partial charge is 0.416 e. The van der Waals surface area contributed by atoms with Crippen LogP contribution in [0.25, 0.3) is 0 Å². The van der Waals surface area contributed by atoms with Crippen LogP contribution in [0.2, 0.25) is 0 Å². The molecule has 0 spiro atoms. The summed E-state index contributed by atoms with van der Waals surface area (Å²) in [6, 6.07) is 2.95. The van der Waals surface area contributed by atoms with Gasteiger partial charge in [-0.15, -0.1) is 0 Å². The summed E-state index contributed by atoms with van der Waals surface area (Å²) in [5.41, 5.74) is -2.05. The Morgan fingerprint density at radius 3 is 1.66 bits per heavy atom. The van der Waals surface area contributed by atoms with Crippen molar-refractivity contribution in [2.45, 2.75) is 52.3 Å². The molecule has 200 valence electrons. The van der Waals surface area contributed by atoms with Crippen LogP contribution in [0.1, 0.15) is 62.0 Å².